The Labute approximate surface area is 186 Å². The summed E-state index contributed by atoms with van der Waals surface area (Å²) in [5, 5.41) is 0. The summed E-state index contributed by atoms with van der Waals surface area (Å²) in [6.45, 7) is 1.80. The van der Waals surface area contributed by atoms with Crippen molar-refractivity contribution in [1.82, 2.24) is 9.36 Å². The van der Waals surface area contributed by atoms with E-state index in [4.69, 9.17) is 4.18 Å². The van der Waals surface area contributed by atoms with Crippen molar-refractivity contribution in [3.05, 3.63) is 107 Å². The van der Waals surface area contributed by atoms with E-state index in [2.05, 4.69) is 4.99 Å². The van der Waals surface area contributed by atoms with Crippen molar-refractivity contribution in [3.8, 4) is 11.4 Å². The fourth-order valence-electron chi connectivity index (χ4n) is 3.25. The number of hydrogen-bond donors (Lipinski definition) is 0. The van der Waals surface area contributed by atoms with Crippen LogP contribution in [0.25, 0.3) is 5.69 Å². The average molecular weight is 448 g/mol. The zero-order valence-corrected chi connectivity index (χ0v) is 18.4. The Bertz CT molecular complexity index is 1440. The Morgan fingerprint density at radius 3 is 2.16 bits per heavy atom. The molecule has 4 aromatic rings. The minimum atomic E-state index is -4.01. The van der Waals surface area contributed by atoms with Crippen LogP contribution in [0.1, 0.15) is 11.3 Å². The first-order chi connectivity index (χ1) is 15.4. The van der Waals surface area contributed by atoms with Crippen molar-refractivity contribution < 1.29 is 12.6 Å². The first-order valence-corrected chi connectivity index (χ1v) is 11.3. The van der Waals surface area contributed by atoms with Crippen LogP contribution in [-0.4, -0.2) is 24.0 Å². The molecule has 0 aliphatic carbocycles. The van der Waals surface area contributed by atoms with Crippen molar-refractivity contribution in [2.45, 2.75) is 11.8 Å². The Kier molecular flexibility index (Phi) is 5.79. The van der Waals surface area contributed by atoms with Crippen LogP contribution in [0.15, 0.2) is 99.6 Å². The van der Waals surface area contributed by atoms with E-state index < -0.39 is 10.1 Å². The van der Waals surface area contributed by atoms with E-state index in [9.17, 15) is 13.2 Å². The molecule has 162 valence electrons. The van der Waals surface area contributed by atoms with Crippen molar-refractivity contribution in [2.75, 3.05) is 0 Å². The number of benzene rings is 3. The zero-order chi connectivity index (χ0) is 22.7. The van der Waals surface area contributed by atoms with Crippen molar-refractivity contribution in [3.63, 3.8) is 0 Å². The summed E-state index contributed by atoms with van der Waals surface area (Å²) in [4.78, 5) is 17.5. The number of aromatic nitrogens is 2. The SMILES string of the molecule is Cc1c(N=Cc2ccccc2OS(=O)(=O)c2ccccc2)c(=O)n(-c2ccccc2)n1C. The van der Waals surface area contributed by atoms with Gasteiger partial charge in [0, 0.05) is 18.8 Å². The minimum Gasteiger partial charge on any atom is -0.378 e. The van der Waals surface area contributed by atoms with Crippen LogP contribution < -0.4 is 9.74 Å². The van der Waals surface area contributed by atoms with Gasteiger partial charge in [-0.25, -0.2) is 9.67 Å². The molecule has 7 nitrogen and oxygen atoms in total. The summed E-state index contributed by atoms with van der Waals surface area (Å²) in [6, 6.07) is 23.8. The highest BCUT2D eigenvalue weighted by Crippen LogP contribution is 2.23. The molecule has 0 saturated carbocycles. The topological polar surface area (TPSA) is 82.7 Å². The van der Waals surface area contributed by atoms with Gasteiger partial charge in [-0.05, 0) is 43.3 Å². The van der Waals surface area contributed by atoms with Gasteiger partial charge in [0.2, 0.25) is 0 Å². The lowest BCUT2D eigenvalue weighted by Gasteiger charge is -2.09. The Balaban J connectivity index is 1.70. The van der Waals surface area contributed by atoms with Gasteiger partial charge in [0.1, 0.15) is 4.90 Å². The van der Waals surface area contributed by atoms with Gasteiger partial charge in [0.05, 0.1) is 11.4 Å². The van der Waals surface area contributed by atoms with Gasteiger partial charge in [-0.1, -0.05) is 48.5 Å². The summed E-state index contributed by atoms with van der Waals surface area (Å²) in [6.07, 6.45) is 1.44. The molecule has 0 N–H and O–H groups in total. The first-order valence-electron chi connectivity index (χ1n) is 9.85. The molecule has 0 bridgehead atoms. The molecule has 4 rings (SSSR count). The van der Waals surface area contributed by atoms with Gasteiger partial charge < -0.3 is 4.18 Å². The smallest absolute Gasteiger partial charge is 0.339 e. The summed E-state index contributed by atoms with van der Waals surface area (Å²) < 4.78 is 33.9. The van der Waals surface area contributed by atoms with E-state index in [0.29, 0.717) is 11.3 Å². The summed E-state index contributed by atoms with van der Waals surface area (Å²) in [5.41, 5.74) is 1.81. The fourth-order valence-corrected chi connectivity index (χ4v) is 4.23. The van der Waals surface area contributed by atoms with Crippen molar-refractivity contribution in [1.29, 1.82) is 0 Å². The van der Waals surface area contributed by atoms with E-state index >= 15 is 0 Å². The van der Waals surface area contributed by atoms with Crippen molar-refractivity contribution in [2.24, 2.45) is 12.0 Å². The van der Waals surface area contributed by atoms with Crippen LogP contribution in [0.3, 0.4) is 0 Å². The molecule has 1 aromatic heterocycles. The second-order valence-corrected chi connectivity index (χ2v) is 8.60. The zero-order valence-electron chi connectivity index (χ0n) is 17.5. The number of aliphatic imine (C=N–C) groups is 1. The second-order valence-electron chi connectivity index (χ2n) is 7.06. The van der Waals surface area contributed by atoms with Crippen LogP contribution in [0.2, 0.25) is 0 Å². The number of hydrogen-bond acceptors (Lipinski definition) is 5. The largest absolute Gasteiger partial charge is 0.378 e. The number of para-hydroxylation sites is 2. The Morgan fingerprint density at radius 2 is 1.47 bits per heavy atom. The highest BCUT2D eigenvalue weighted by Gasteiger charge is 2.18. The van der Waals surface area contributed by atoms with E-state index in [1.807, 2.05) is 30.3 Å². The first kappa shape index (κ1) is 21.3. The maximum Gasteiger partial charge on any atom is 0.339 e. The maximum atomic E-state index is 13.0. The lowest BCUT2D eigenvalue weighted by molar-refractivity contribution is 0.485. The summed E-state index contributed by atoms with van der Waals surface area (Å²) in [5.74, 6) is 0.122. The summed E-state index contributed by atoms with van der Waals surface area (Å²) in [7, 11) is -2.22. The van der Waals surface area contributed by atoms with E-state index in [-0.39, 0.29) is 21.9 Å². The summed E-state index contributed by atoms with van der Waals surface area (Å²) >= 11 is 0. The van der Waals surface area contributed by atoms with E-state index in [1.165, 1.54) is 23.0 Å². The van der Waals surface area contributed by atoms with Gasteiger partial charge in [0.15, 0.2) is 11.4 Å². The molecule has 0 aliphatic rings. The fraction of sp³-hybridized carbons (Fsp3) is 0.0833. The Morgan fingerprint density at radius 1 is 0.875 bits per heavy atom. The molecular weight excluding hydrogens is 426 g/mol. The monoisotopic (exact) mass is 447 g/mol. The lowest BCUT2D eigenvalue weighted by atomic mass is 10.2. The van der Waals surface area contributed by atoms with Crippen LogP contribution in [0.5, 0.6) is 5.75 Å². The molecule has 3 aromatic carbocycles. The molecule has 0 unspecified atom stereocenters. The minimum absolute atomic E-state index is 0.0522. The van der Waals surface area contributed by atoms with E-state index in [1.54, 1.807) is 61.1 Å². The second kappa shape index (κ2) is 8.68. The van der Waals surface area contributed by atoms with Gasteiger partial charge in [-0.3, -0.25) is 9.48 Å². The predicted molar refractivity (Wildman–Crippen MR) is 124 cm³/mol. The third-order valence-corrected chi connectivity index (χ3v) is 6.26. The average Bonchev–Trinajstić information content (AvgIpc) is 3.02. The third kappa shape index (κ3) is 4.13. The van der Waals surface area contributed by atoms with Crippen LogP contribution in [0.4, 0.5) is 5.69 Å². The highest BCUT2D eigenvalue weighted by molar-refractivity contribution is 7.87. The lowest BCUT2D eigenvalue weighted by Crippen LogP contribution is -2.19. The Hall–Kier alpha value is -3.91. The molecule has 1 heterocycles. The van der Waals surface area contributed by atoms with Gasteiger partial charge in [0.25, 0.3) is 5.56 Å². The van der Waals surface area contributed by atoms with E-state index in [0.717, 1.165) is 5.69 Å². The molecule has 0 amide bonds. The molecule has 0 atom stereocenters. The van der Waals surface area contributed by atoms with Crippen LogP contribution >= 0.6 is 0 Å². The molecule has 32 heavy (non-hydrogen) atoms. The number of nitrogens with zero attached hydrogens (tertiary/aromatic N) is 3. The van der Waals surface area contributed by atoms with Crippen LogP contribution in [0, 0.1) is 6.92 Å². The van der Waals surface area contributed by atoms with Crippen LogP contribution in [-0.2, 0) is 17.2 Å². The molecular formula is C24H21N3O4S. The molecule has 0 aliphatic heterocycles. The predicted octanol–water partition coefficient (Wildman–Crippen LogP) is 4.00. The maximum absolute atomic E-state index is 13.0. The highest BCUT2D eigenvalue weighted by atomic mass is 32.2. The van der Waals surface area contributed by atoms with Gasteiger partial charge in [-0.2, -0.15) is 8.42 Å². The third-order valence-electron chi connectivity index (χ3n) is 5.01. The number of rotatable bonds is 6. The van der Waals surface area contributed by atoms with Gasteiger partial charge >= 0.3 is 10.1 Å². The molecule has 8 heteroatoms. The normalized spacial score (nSPS) is 11.7. The molecule has 0 spiro atoms. The molecule has 0 radical (unpaired) electrons. The van der Waals surface area contributed by atoms with Crippen molar-refractivity contribution >= 4 is 22.0 Å². The molecule has 0 fully saturated rings. The standard InChI is InChI=1S/C24H21N3O4S/c1-18-23(24(28)27(26(18)2)20-12-5-3-6-13-20)25-17-19-11-9-10-16-22(19)31-32(29,30)21-14-7-4-8-15-21/h3-17H,1-2H3. The van der Waals surface area contributed by atoms with Gasteiger partial charge in [-0.15, -0.1) is 0 Å². The molecule has 0 saturated heterocycles. The quantitative estimate of drug-likeness (QED) is 0.330.